The first kappa shape index (κ1) is 16.6. The second-order valence-corrected chi connectivity index (χ2v) is 8.33. The third-order valence-corrected chi connectivity index (χ3v) is 6.71. The van der Waals surface area contributed by atoms with Gasteiger partial charge in [0, 0.05) is 9.80 Å². The minimum atomic E-state index is 0.620. The van der Waals surface area contributed by atoms with Crippen molar-refractivity contribution in [3.05, 3.63) is 41.3 Å². The monoisotopic (exact) mass is 329 g/mol. The van der Waals surface area contributed by atoms with Gasteiger partial charge in [0.25, 0.3) is 0 Å². The van der Waals surface area contributed by atoms with Crippen molar-refractivity contribution in [1.29, 1.82) is 0 Å². The van der Waals surface area contributed by atoms with E-state index in [1.54, 1.807) is 11.8 Å². The number of benzene rings is 1. The number of rotatable bonds is 4. The van der Waals surface area contributed by atoms with Gasteiger partial charge in [0.1, 0.15) is 0 Å². The molecule has 4 atom stereocenters. The van der Waals surface area contributed by atoms with Gasteiger partial charge in [-0.2, -0.15) is 0 Å². The number of fused-ring (bicyclic) bond motifs is 2. The van der Waals surface area contributed by atoms with E-state index in [0.717, 1.165) is 28.4 Å². The fourth-order valence-corrected chi connectivity index (χ4v) is 5.37. The molecule has 0 saturated heterocycles. The molecule has 0 heterocycles. The van der Waals surface area contributed by atoms with Crippen LogP contribution in [0.1, 0.15) is 46.0 Å². The number of allylic oxidation sites excluding steroid dienone is 2. The Labute approximate surface area is 144 Å². The summed E-state index contributed by atoms with van der Waals surface area (Å²) in [4.78, 5) is 2.31. The molecule has 2 nitrogen and oxygen atoms in total. The number of oxime groups is 1. The van der Waals surface area contributed by atoms with E-state index in [1.165, 1.54) is 37.0 Å². The molecular formula is C20H27NOS. The third-order valence-electron chi connectivity index (χ3n) is 5.55. The molecule has 124 valence electrons. The van der Waals surface area contributed by atoms with Gasteiger partial charge in [-0.25, -0.2) is 0 Å². The van der Waals surface area contributed by atoms with E-state index in [2.05, 4.69) is 42.4 Å². The summed E-state index contributed by atoms with van der Waals surface area (Å²) in [6.07, 6.45) is 9.34. The zero-order valence-electron chi connectivity index (χ0n) is 14.1. The Kier molecular flexibility index (Phi) is 5.47. The van der Waals surface area contributed by atoms with Crippen LogP contribution >= 0.6 is 11.8 Å². The van der Waals surface area contributed by atoms with Crippen molar-refractivity contribution >= 4 is 17.5 Å². The smallest absolute Gasteiger partial charge is 0.0900 e. The number of hydrogen-bond acceptors (Lipinski definition) is 3. The van der Waals surface area contributed by atoms with Crippen LogP contribution in [-0.2, 0) is 0 Å². The Bertz CT molecular complexity index is 579. The average molecular weight is 330 g/mol. The Hall–Kier alpha value is -1.22. The van der Waals surface area contributed by atoms with Gasteiger partial charge in [-0.1, -0.05) is 61.0 Å². The van der Waals surface area contributed by atoms with Gasteiger partial charge in [0.15, 0.2) is 0 Å². The molecule has 3 heteroatoms. The quantitative estimate of drug-likeness (QED) is 0.319. The van der Waals surface area contributed by atoms with Crippen LogP contribution in [0, 0.1) is 23.7 Å². The lowest BCUT2D eigenvalue weighted by Crippen LogP contribution is -2.33. The van der Waals surface area contributed by atoms with E-state index in [0.29, 0.717) is 5.92 Å². The van der Waals surface area contributed by atoms with Crippen LogP contribution in [0.2, 0.25) is 0 Å². The average Bonchev–Trinajstić information content (AvgIpc) is 2.58. The molecule has 4 unspecified atom stereocenters. The van der Waals surface area contributed by atoms with Crippen molar-refractivity contribution in [2.45, 2.75) is 50.8 Å². The lowest BCUT2D eigenvalue weighted by Gasteiger charge is -2.43. The Morgan fingerprint density at radius 2 is 2.00 bits per heavy atom. The third kappa shape index (κ3) is 4.00. The summed E-state index contributed by atoms with van der Waals surface area (Å²) in [5.74, 6) is 3.12. The fourth-order valence-electron chi connectivity index (χ4n) is 4.41. The molecule has 2 saturated carbocycles. The molecule has 23 heavy (non-hydrogen) atoms. The zero-order chi connectivity index (χ0) is 16.2. The van der Waals surface area contributed by atoms with Crippen molar-refractivity contribution < 1.29 is 5.21 Å². The Balaban J connectivity index is 1.84. The molecular weight excluding hydrogens is 302 g/mol. The second-order valence-electron chi connectivity index (χ2n) is 7.21. The molecule has 0 spiro atoms. The molecule has 1 N–H and O–H groups in total. The second kappa shape index (κ2) is 7.57. The highest BCUT2D eigenvalue weighted by Gasteiger charge is 2.36. The van der Waals surface area contributed by atoms with Gasteiger partial charge in [0.2, 0.25) is 0 Å². The van der Waals surface area contributed by atoms with E-state index >= 15 is 0 Å². The maximum absolute atomic E-state index is 9.29. The van der Waals surface area contributed by atoms with E-state index in [4.69, 9.17) is 0 Å². The van der Waals surface area contributed by atoms with Crippen molar-refractivity contribution in [3.8, 4) is 0 Å². The van der Waals surface area contributed by atoms with Crippen LogP contribution in [0.3, 0.4) is 0 Å². The summed E-state index contributed by atoms with van der Waals surface area (Å²) < 4.78 is 0. The molecule has 2 aliphatic rings. The molecule has 2 bridgehead atoms. The molecule has 0 aliphatic heterocycles. The van der Waals surface area contributed by atoms with Crippen molar-refractivity contribution in [3.63, 3.8) is 0 Å². The first-order chi connectivity index (χ1) is 11.2. The van der Waals surface area contributed by atoms with E-state index in [9.17, 15) is 5.21 Å². The molecule has 3 rings (SSSR count). The predicted molar refractivity (Wildman–Crippen MR) is 98.0 cm³/mol. The first-order valence-electron chi connectivity index (χ1n) is 8.81. The van der Waals surface area contributed by atoms with Gasteiger partial charge in [0.05, 0.1) is 5.71 Å². The van der Waals surface area contributed by atoms with Crippen LogP contribution in [-0.4, -0.2) is 10.9 Å². The van der Waals surface area contributed by atoms with E-state index in [1.807, 2.05) is 13.0 Å². The minimum Gasteiger partial charge on any atom is -0.411 e. The molecule has 0 amide bonds. The Morgan fingerprint density at radius 1 is 1.22 bits per heavy atom. The highest BCUT2D eigenvalue weighted by molar-refractivity contribution is 8.04. The standard InChI is InChI=1S/C20H27NOS/c1-14-11-16-7-6-8-17(12-16)19(14)13-20(15(2)21-22)23-18-9-4-3-5-10-18/h3-5,9-10,13-14,16-17,19,22H,6-8,11-12H2,1-2H3/b20-13-,21-15-. The summed E-state index contributed by atoms with van der Waals surface area (Å²) >= 11 is 1.72. The lowest BCUT2D eigenvalue weighted by molar-refractivity contribution is 0.0996. The summed E-state index contributed by atoms with van der Waals surface area (Å²) in [7, 11) is 0. The maximum Gasteiger partial charge on any atom is 0.0900 e. The SMILES string of the molecule is CC(=N/O)/C(=C/C1C(C)CC2CCCC1C2)Sc1ccccc1. The van der Waals surface area contributed by atoms with Gasteiger partial charge >= 0.3 is 0 Å². The zero-order valence-corrected chi connectivity index (χ0v) is 14.9. The highest BCUT2D eigenvalue weighted by Crippen LogP contribution is 2.47. The molecule has 2 aliphatic carbocycles. The number of nitrogens with zero attached hydrogens (tertiary/aromatic N) is 1. The summed E-state index contributed by atoms with van der Waals surface area (Å²) in [5, 5.41) is 12.8. The lowest BCUT2D eigenvalue weighted by atomic mass is 9.62. The van der Waals surface area contributed by atoms with Gasteiger partial charge < -0.3 is 5.21 Å². The highest BCUT2D eigenvalue weighted by atomic mass is 32.2. The normalized spacial score (nSPS) is 31.9. The van der Waals surface area contributed by atoms with Crippen LogP contribution < -0.4 is 0 Å². The van der Waals surface area contributed by atoms with Crippen molar-refractivity contribution in [2.75, 3.05) is 0 Å². The van der Waals surface area contributed by atoms with Gasteiger partial charge in [-0.3, -0.25) is 0 Å². The van der Waals surface area contributed by atoms with Crippen LogP contribution in [0.25, 0.3) is 0 Å². The van der Waals surface area contributed by atoms with Gasteiger partial charge in [-0.05, 0) is 62.0 Å². The molecule has 2 fully saturated rings. The number of thioether (sulfide) groups is 1. The molecule has 0 aromatic heterocycles. The van der Waals surface area contributed by atoms with Crippen LogP contribution in [0.15, 0.2) is 51.4 Å². The number of hydrogen-bond donors (Lipinski definition) is 1. The van der Waals surface area contributed by atoms with E-state index < -0.39 is 0 Å². The molecule has 1 aromatic rings. The van der Waals surface area contributed by atoms with Crippen molar-refractivity contribution in [2.24, 2.45) is 28.8 Å². The summed E-state index contributed by atoms with van der Waals surface area (Å²) in [6.45, 7) is 4.31. The van der Waals surface area contributed by atoms with Crippen molar-refractivity contribution in [1.82, 2.24) is 0 Å². The first-order valence-corrected chi connectivity index (χ1v) is 9.62. The predicted octanol–water partition coefficient (Wildman–Crippen LogP) is 5.98. The maximum atomic E-state index is 9.29. The summed E-state index contributed by atoms with van der Waals surface area (Å²) in [6, 6.07) is 10.4. The van der Waals surface area contributed by atoms with Gasteiger partial charge in [-0.15, -0.1) is 0 Å². The fraction of sp³-hybridized carbons (Fsp3) is 0.550. The Morgan fingerprint density at radius 3 is 2.74 bits per heavy atom. The molecule has 0 radical (unpaired) electrons. The van der Waals surface area contributed by atoms with E-state index in [-0.39, 0.29) is 0 Å². The minimum absolute atomic E-state index is 0.620. The topological polar surface area (TPSA) is 32.6 Å². The van der Waals surface area contributed by atoms with Crippen LogP contribution in [0.4, 0.5) is 0 Å². The summed E-state index contributed by atoms with van der Waals surface area (Å²) in [5.41, 5.74) is 0.726. The molecule has 1 aromatic carbocycles. The largest absolute Gasteiger partial charge is 0.411 e. The van der Waals surface area contributed by atoms with Crippen LogP contribution in [0.5, 0.6) is 0 Å².